The summed E-state index contributed by atoms with van der Waals surface area (Å²) >= 11 is 0. The van der Waals surface area contributed by atoms with E-state index in [2.05, 4.69) is 55.6 Å². The van der Waals surface area contributed by atoms with Crippen LogP contribution in [-0.4, -0.2) is 68.5 Å². The molecule has 1 amide bonds. The minimum atomic E-state index is -4.61. The minimum Gasteiger partial charge on any atom is -0.756 e. The van der Waals surface area contributed by atoms with Crippen LogP contribution in [0.2, 0.25) is 0 Å². The molecule has 0 radical (unpaired) electrons. The van der Waals surface area contributed by atoms with Crippen LogP contribution in [0.25, 0.3) is 0 Å². The van der Waals surface area contributed by atoms with Gasteiger partial charge >= 0.3 is 0 Å². The molecule has 8 nitrogen and oxygen atoms in total. The summed E-state index contributed by atoms with van der Waals surface area (Å²) in [5.41, 5.74) is 0. The number of nitrogens with one attached hydrogen (secondary N) is 1. The van der Waals surface area contributed by atoms with Gasteiger partial charge in [0.25, 0.3) is 7.82 Å². The minimum absolute atomic E-state index is 0.00506. The molecule has 0 saturated carbocycles. The van der Waals surface area contributed by atoms with Crippen molar-refractivity contribution < 1.29 is 32.9 Å². The Labute approximate surface area is 486 Å². The number of phosphoric ester groups is 1. The molecule has 0 heterocycles. The molecule has 3 unspecified atom stereocenters. The van der Waals surface area contributed by atoms with Crippen molar-refractivity contribution in [3.63, 3.8) is 0 Å². The van der Waals surface area contributed by atoms with Gasteiger partial charge in [-0.2, -0.15) is 0 Å². The van der Waals surface area contributed by atoms with E-state index in [1.165, 1.54) is 270 Å². The number of rotatable bonds is 63. The lowest BCUT2D eigenvalue weighted by molar-refractivity contribution is -0.870. The number of allylic oxidation sites excluding steroid dienone is 7. The second kappa shape index (κ2) is 60.1. The predicted molar refractivity (Wildman–Crippen MR) is 339 cm³/mol. The van der Waals surface area contributed by atoms with Crippen molar-refractivity contribution >= 4 is 13.7 Å². The Kier molecular flexibility index (Phi) is 58.9. The zero-order chi connectivity index (χ0) is 57.0. The Bertz CT molecular complexity index is 1410. The molecule has 0 spiro atoms. The van der Waals surface area contributed by atoms with Crippen molar-refractivity contribution in [2.45, 2.75) is 347 Å². The molecule has 0 aliphatic heterocycles. The maximum atomic E-state index is 13.0. The summed E-state index contributed by atoms with van der Waals surface area (Å²) in [4.78, 5) is 25.6. The lowest BCUT2D eigenvalue weighted by Gasteiger charge is -2.29. The molecule has 9 heteroatoms. The maximum absolute atomic E-state index is 13.0. The molecule has 0 aliphatic carbocycles. The highest BCUT2D eigenvalue weighted by Gasteiger charge is 2.23. The van der Waals surface area contributed by atoms with Crippen LogP contribution in [0.3, 0.4) is 0 Å². The van der Waals surface area contributed by atoms with Crippen LogP contribution in [0.4, 0.5) is 0 Å². The monoisotopic (exact) mass is 1120 g/mol. The van der Waals surface area contributed by atoms with Gasteiger partial charge in [-0.15, -0.1) is 0 Å². The first-order chi connectivity index (χ1) is 38.0. The Balaban J connectivity index is 4.03. The van der Waals surface area contributed by atoms with Crippen LogP contribution in [0.15, 0.2) is 48.6 Å². The molecule has 460 valence electrons. The molecule has 0 aromatic heterocycles. The number of aliphatic hydroxyl groups excluding tert-OH is 1. The van der Waals surface area contributed by atoms with Crippen molar-refractivity contribution in [2.75, 3.05) is 40.9 Å². The SMILES string of the molecule is CCCCCCC/C=C\C/C=C\CCCCCCCCCCCCCCCCCCCCCCCCCC(=O)NC(COP(=O)([O-])OCC[N+](C)(C)C)C(O)/C=C/CC/C=C/CCCCCCCCCCCCCCCCC. The summed E-state index contributed by atoms with van der Waals surface area (Å²) in [7, 11) is 1.26. The predicted octanol–water partition coefficient (Wildman–Crippen LogP) is 20.8. The number of hydrogen-bond acceptors (Lipinski definition) is 6. The number of phosphoric acid groups is 1. The van der Waals surface area contributed by atoms with Gasteiger partial charge in [0.1, 0.15) is 13.2 Å². The summed E-state index contributed by atoms with van der Waals surface area (Å²) in [6, 6.07) is -0.903. The Morgan fingerprint density at radius 3 is 1.12 bits per heavy atom. The Morgan fingerprint density at radius 1 is 0.449 bits per heavy atom. The first-order valence-corrected chi connectivity index (χ1v) is 35.5. The molecule has 78 heavy (non-hydrogen) atoms. The quantitative estimate of drug-likeness (QED) is 0.0272. The van der Waals surface area contributed by atoms with E-state index in [-0.39, 0.29) is 19.1 Å². The fourth-order valence-electron chi connectivity index (χ4n) is 10.2. The molecule has 2 N–H and O–H groups in total. The van der Waals surface area contributed by atoms with Crippen LogP contribution < -0.4 is 10.2 Å². The van der Waals surface area contributed by atoms with E-state index in [0.717, 1.165) is 44.9 Å². The third kappa shape index (κ3) is 62.1. The number of unbranched alkanes of at least 4 members (excludes halogenated alkanes) is 44. The van der Waals surface area contributed by atoms with Crippen molar-refractivity contribution in [1.29, 1.82) is 0 Å². The molecule has 0 saturated heterocycles. The number of quaternary nitrogens is 1. The van der Waals surface area contributed by atoms with E-state index in [4.69, 9.17) is 9.05 Å². The lowest BCUT2D eigenvalue weighted by atomic mass is 10.0. The molecular formula is C69H133N2O6P. The molecule has 0 aromatic rings. The topological polar surface area (TPSA) is 108 Å². The third-order valence-electron chi connectivity index (χ3n) is 15.5. The van der Waals surface area contributed by atoms with Gasteiger partial charge in [-0.05, 0) is 64.2 Å². The molecule has 0 aromatic carbocycles. The Hall–Kier alpha value is -1.54. The van der Waals surface area contributed by atoms with Crippen LogP contribution >= 0.6 is 7.82 Å². The molecule has 0 aliphatic rings. The highest BCUT2D eigenvalue weighted by atomic mass is 31.2. The van der Waals surface area contributed by atoms with Crippen molar-refractivity contribution in [1.82, 2.24) is 5.32 Å². The maximum Gasteiger partial charge on any atom is 0.268 e. The van der Waals surface area contributed by atoms with Gasteiger partial charge in [0, 0.05) is 6.42 Å². The van der Waals surface area contributed by atoms with Crippen molar-refractivity contribution in [2.24, 2.45) is 0 Å². The summed E-state index contributed by atoms with van der Waals surface area (Å²) in [6.07, 6.45) is 80.9. The number of hydrogen-bond donors (Lipinski definition) is 2. The zero-order valence-corrected chi connectivity index (χ0v) is 53.5. The first kappa shape index (κ1) is 76.5. The number of aliphatic hydroxyl groups is 1. The number of likely N-dealkylation sites (N-methyl/N-ethyl adjacent to an activating group) is 1. The smallest absolute Gasteiger partial charge is 0.268 e. The van der Waals surface area contributed by atoms with Gasteiger partial charge in [-0.1, -0.05) is 313 Å². The van der Waals surface area contributed by atoms with Gasteiger partial charge in [0.15, 0.2) is 0 Å². The summed E-state index contributed by atoms with van der Waals surface area (Å²) in [6.45, 7) is 4.66. The van der Waals surface area contributed by atoms with Gasteiger partial charge in [-0.25, -0.2) is 0 Å². The first-order valence-electron chi connectivity index (χ1n) is 34.0. The highest BCUT2D eigenvalue weighted by molar-refractivity contribution is 7.45. The lowest BCUT2D eigenvalue weighted by Crippen LogP contribution is -2.45. The largest absolute Gasteiger partial charge is 0.756 e. The number of carbonyl (C=O) groups is 1. The highest BCUT2D eigenvalue weighted by Crippen LogP contribution is 2.38. The average Bonchev–Trinajstić information content (AvgIpc) is 3.41. The summed E-state index contributed by atoms with van der Waals surface area (Å²) < 4.78 is 23.4. The van der Waals surface area contributed by atoms with E-state index in [0.29, 0.717) is 17.4 Å². The van der Waals surface area contributed by atoms with Gasteiger partial charge < -0.3 is 28.8 Å². The van der Waals surface area contributed by atoms with Crippen LogP contribution in [-0.2, 0) is 18.4 Å². The molecule has 0 fully saturated rings. The Morgan fingerprint density at radius 2 is 0.756 bits per heavy atom. The number of carbonyl (C=O) groups excluding carboxylic acids is 1. The van der Waals surface area contributed by atoms with Crippen LogP contribution in [0.1, 0.15) is 335 Å². The normalized spacial score (nSPS) is 14.0. The van der Waals surface area contributed by atoms with Crippen LogP contribution in [0.5, 0.6) is 0 Å². The van der Waals surface area contributed by atoms with Gasteiger partial charge in [-0.3, -0.25) is 9.36 Å². The van der Waals surface area contributed by atoms with E-state index < -0.39 is 20.0 Å². The number of nitrogens with zero attached hydrogens (tertiary/aromatic N) is 1. The van der Waals surface area contributed by atoms with Crippen LogP contribution in [0, 0.1) is 0 Å². The zero-order valence-electron chi connectivity index (χ0n) is 52.6. The molecule has 3 atom stereocenters. The second-order valence-corrected chi connectivity index (χ2v) is 25.9. The fraction of sp³-hybridized carbons (Fsp3) is 0.870. The van der Waals surface area contributed by atoms with Crippen molar-refractivity contribution in [3.05, 3.63) is 48.6 Å². The van der Waals surface area contributed by atoms with Crippen molar-refractivity contribution in [3.8, 4) is 0 Å². The van der Waals surface area contributed by atoms with E-state index >= 15 is 0 Å². The molecule has 0 bridgehead atoms. The van der Waals surface area contributed by atoms with E-state index in [9.17, 15) is 19.4 Å². The number of amides is 1. The van der Waals surface area contributed by atoms with E-state index in [1.807, 2.05) is 27.2 Å². The van der Waals surface area contributed by atoms with Gasteiger partial charge in [0.05, 0.1) is 39.9 Å². The standard InChI is InChI=1S/C69H133N2O6P/c1-6-8-10-12-14-16-18-20-22-24-26-28-29-30-31-32-33-34-35-36-37-38-39-40-41-43-45-47-49-51-53-55-57-59-61-63-69(73)70-67(66-77-78(74,75)76-65-64-71(3,4)5)68(72)62-60-58-56-54-52-50-48-46-44-42-27-25-23-21-19-17-15-13-11-9-7-2/h18,20,24,26,52,54,60,62,67-68,72H,6-17,19,21-23,25,27-51,53,55-59,61,63-66H2,1-5H3,(H-,70,73,74,75)/b20-18-,26-24-,54-52+,62-60+. The molecule has 0 rings (SSSR count). The second-order valence-electron chi connectivity index (χ2n) is 24.5. The average molecular weight is 1120 g/mol. The molecular weight excluding hydrogens is 984 g/mol. The summed E-state index contributed by atoms with van der Waals surface area (Å²) in [5.74, 6) is -0.201. The van der Waals surface area contributed by atoms with E-state index in [1.54, 1.807) is 6.08 Å². The third-order valence-corrected chi connectivity index (χ3v) is 16.5. The summed E-state index contributed by atoms with van der Waals surface area (Å²) in [5, 5.41) is 13.9. The van der Waals surface area contributed by atoms with Gasteiger partial charge in [0.2, 0.25) is 5.91 Å². The fourth-order valence-corrected chi connectivity index (χ4v) is 10.9.